The molecule has 0 bridgehead atoms. The SMILES string of the molecule is O=C(OCc1cccs1)N1CCN(C(=O)N(c2ccccc2)c2ccccc2)CC1. The fraction of sp³-hybridized carbons (Fsp3) is 0.217. The van der Waals surface area contributed by atoms with Crippen molar-refractivity contribution >= 4 is 34.8 Å². The van der Waals surface area contributed by atoms with Crippen LogP contribution >= 0.6 is 11.3 Å². The van der Waals surface area contributed by atoms with Crippen LogP contribution in [0.25, 0.3) is 0 Å². The first-order chi connectivity index (χ1) is 14.7. The number of anilines is 2. The monoisotopic (exact) mass is 421 g/mol. The Morgan fingerprint density at radius 3 is 1.90 bits per heavy atom. The molecule has 0 atom stereocenters. The summed E-state index contributed by atoms with van der Waals surface area (Å²) in [5, 5.41) is 1.96. The first-order valence-electron chi connectivity index (χ1n) is 9.85. The molecule has 0 saturated carbocycles. The van der Waals surface area contributed by atoms with Crippen LogP contribution in [-0.4, -0.2) is 48.1 Å². The topological polar surface area (TPSA) is 53.1 Å². The van der Waals surface area contributed by atoms with Gasteiger partial charge in [-0.1, -0.05) is 42.5 Å². The molecular formula is C23H23N3O3S. The van der Waals surface area contributed by atoms with Crippen LogP contribution in [0.2, 0.25) is 0 Å². The van der Waals surface area contributed by atoms with Gasteiger partial charge in [0.25, 0.3) is 0 Å². The standard InChI is InChI=1S/C23H23N3O3S/c27-22(26(19-8-3-1-4-9-19)20-10-5-2-6-11-20)24-13-15-25(16-14-24)23(28)29-18-21-12-7-17-30-21/h1-12,17H,13-16,18H2. The molecule has 2 heterocycles. The highest BCUT2D eigenvalue weighted by molar-refractivity contribution is 7.09. The summed E-state index contributed by atoms with van der Waals surface area (Å²) in [4.78, 5) is 31.9. The molecule has 0 spiro atoms. The number of urea groups is 1. The Bertz CT molecular complexity index is 916. The number of para-hydroxylation sites is 2. The molecule has 1 aliphatic rings. The highest BCUT2D eigenvalue weighted by atomic mass is 32.1. The van der Waals surface area contributed by atoms with E-state index in [9.17, 15) is 9.59 Å². The second-order valence-electron chi connectivity index (χ2n) is 6.90. The van der Waals surface area contributed by atoms with Gasteiger partial charge in [0.2, 0.25) is 0 Å². The molecule has 3 amide bonds. The predicted molar refractivity (Wildman–Crippen MR) is 118 cm³/mol. The van der Waals surface area contributed by atoms with E-state index in [1.807, 2.05) is 78.2 Å². The average molecular weight is 422 g/mol. The second-order valence-corrected chi connectivity index (χ2v) is 7.93. The van der Waals surface area contributed by atoms with Crippen LogP contribution in [0.5, 0.6) is 0 Å². The number of rotatable bonds is 4. The summed E-state index contributed by atoms with van der Waals surface area (Å²) in [5.74, 6) is 0. The van der Waals surface area contributed by atoms with Gasteiger partial charge in [-0.3, -0.25) is 4.90 Å². The molecule has 6 nitrogen and oxygen atoms in total. The molecule has 0 unspecified atom stereocenters. The first-order valence-corrected chi connectivity index (χ1v) is 10.7. The summed E-state index contributed by atoms with van der Waals surface area (Å²) in [5.41, 5.74) is 1.62. The van der Waals surface area contributed by atoms with E-state index in [0.717, 1.165) is 16.3 Å². The van der Waals surface area contributed by atoms with Crippen LogP contribution in [0.1, 0.15) is 4.88 Å². The van der Waals surface area contributed by atoms with Crippen molar-refractivity contribution in [2.75, 3.05) is 31.1 Å². The molecule has 4 rings (SSSR count). The molecule has 0 N–H and O–H groups in total. The van der Waals surface area contributed by atoms with Crippen molar-refractivity contribution in [2.24, 2.45) is 0 Å². The Kier molecular flexibility index (Phi) is 6.29. The van der Waals surface area contributed by atoms with E-state index in [0.29, 0.717) is 26.2 Å². The summed E-state index contributed by atoms with van der Waals surface area (Å²) in [6, 6.07) is 23.0. The van der Waals surface area contributed by atoms with E-state index in [-0.39, 0.29) is 18.7 Å². The van der Waals surface area contributed by atoms with Crippen molar-refractivity contribution in [1.82, 2.24) is 9.80 Å². The molecule has 30 heavy (non-hydrogen) atoms. The molecule has 0 radical (unpaired) electrons. The smallest absolute Gasteiger partial charge is 0.410 e. The minimum atomic E-state index is -0.335. The molecule has 7 heteroatoms. The molecule has 1 aliphatic heterocycles. The highest BCUT2D eigenvalue weighted by Gasteiger charge is 2.29. The van der Waals surface area contributed by atoms with Crippen LogP contribution in [0.15, 0.2) is 78.2 Å². The van der Waals surface area contributed by atoms with Gasteiger partial charge in [0, 0.05) is 31.1 Å². The molecule has 1 fully saturated rings. The summed E-state index contributed by atoms with van der Waals surface area (Å²) in [7, 11) is 0. The zero-order chi connectivity index (χ0) is 20.8. The Morgan fingerprint density at radius 2 is 1.37 bits per heavy atom. The lowest BCUT2D eigenvalue weighted by atomic mass is 10.2. The fourth-order valence-electron chi connectivity index (χ4n) is 3.36. The lowest BCUT2D eigenvalue weighted by Crippen LogP contribution is -2.53. The van der Waals surface area contributed by atoms with Crippen molar-refractivity contribution in [3.63, 3.8) is 0 Å². The largest absolute Gasteiger partial charge is 0.444 e. The molecule has 0 aliphatic carbocycles. The number of benzene rings is 2. The molecule has 2 aromatic carbocycles. The Labute approximate surface area is 179 Å². The van der Waals surface area contributed by atoms with Crippen molar-refractivity contribution < 1.29 is 14.3 Å². The zero-order valence-electron chi connectivity index (χ0n) is 16.5. The van der Waals surface area contributed by atoms with Gasteiger partial charge < -0.3 is 14.5 Å². The summed E-state index contributed by atoms with van der Waals surface area (Å²) >= 11 is 1.56. The van der Waals surface area contributed by atoms with Crippen molar-refractivity contribution in [3.05, 3.63) is 83.1 Å². The summed E-state index contributed by atoms with van der Waals surface area (Å²) in [6.07, 6.45) is -0.335. The van der Waals surface area contributed by atoms with E-state index in [4.69, 9.17) is 4.74 Å². The number of hydrogen-bond acceptors (Lipinski definition) is 4. The van der Waals surface area contributed by atoms with Crippen LogP contribution in [0.3, 0.4) is 0 Å². The zero-order valence-corrected chi connectivity index (χ0v) is 17.3. The van der Waals surface area contributed by atoms with Crippen LogP contribution < -0.4 is 4.90 Å². The van der Waals surface area contributed by atoms with E-state index in [2.05, 4.69) is 0 Å². The van der Waals surface area contributed by atoms with Gasteiger partial charge in [-0.05, 0) is 35.7 Å². The lowest BCUT2D eigenvalue weighted by molar-refractivity contribution is 0.0785. The molecular weight excluding hydrogens is 398 g/mol. The predicted octanol–water partition coefficient (Wildman–Crippen LogP) is 4.96. The van der Waals surface area contributed by atoms with E-state index < -0.39 is 0 Å². The Hall–Kier alpha value is -3.32. The maximum Gasteiger partial charge on any atom is 0.410 e. The number of nitrogens with zero attached hydrogens (tertiary/aromatic N) is 3. The van der Waals surface area contributed by atoms with Gasteiger partial charge in [0.15, 0.2) is 0 Å². The third-order valence-corrected chi connectivity index (χ3v) is 5.80. The van der Waals surface area contributed by atoms with E-state index in [1.165, 1.54) is 0 Å². The van der Waals surface area contributed by atoms with Gasteiger partial charge >= 0.3 is 12.1 Å². The number of carbonyl (C=O) groups excluding carboxylic acids is 2. The highest BCUT2D eigenvalue weighted by Crippen LogP contribution is 2.27. The average Bonchev–Trinajstić information content (AvgIpc) is 3.33. The number of ether oxygens (including phenoxy) is 1. The van der Waals surface area contributed by atoms with Crippen molar-refractivity contribution in [2.45, 2.75) is 6.61 Å². The second kappa shape index (κ2) is 9.45. The van der Waals surface area contributed by atoms with E-state index in [1.54, 1.807) is 26.0 Å². The normalized spacial score (nSPS) is 13.7. The number of amides is 3. The van der Waals surface area contributed by atoms with Crippen LogP contribution in [0.4, 0.5) is 21.0 Å². The Morgan fingerprint density at radius 1 is 0.800 bits per heavy atom. The fourth-order valence-corrected chi connectivity index (χ4v) is 3.98. The molecule has 154 valence electrons. The summed E-state index contributed by atoms with van der Waals surface area (Å²) in [6.45, 7) is 2.11. The third-order valence-electron chi connectivity index (χ3n) is 4.95. The minimum Gasteiger partial charge on any atom is -0.444 e. The Balaban J connectivity index is 1.40. The quantitative estimate of drug-likeness (QED) is 0.598. The maximum atomic E-state index is 13.4. The van der Waals surface area contributed by atoms with Gasteiger partial charge in [-0.2, -0.15) is 0 Å². The number of thiophene rings is 1. The van der Waals surface area contributed by atoms with Crippen molar-refractivity contribution in [3.8, 4) is 0 Å². The minimum absolute atomic E-state index is 0.0981. The van der Waals surface area contributed by atoms with E-state index >= 15 is 0 Å². The molecule has 1 aromatic heterocycles. The lowest BCUT2D eigenvalue weighted by Gasteiger charge is -2.37. The van der Waals surface area contributed by atoms with Gasteiger partial charge in [-0.15, -0.1) is 11.3 Å². The third kappa shape index (κ3) is 4.63. The first kappa shape index (κ1) is 20.0. The summed E-state index contributed by atoms with van der Waals surface area (Å²) < 4.78 is 5.39. The number of hydrogen-bond donors (Lipinski definition) is 0. The number of piperazine rings is 1. The molecule has 3 aromatic rings. The maximum absolute atomic E-state index is 13.4. The van der Waals surface area contributed by atoms with Gasteiger partial charge in [0.1, 0.15) is 6.61 Å². The van der Waals surface area contributed by atoms with Crippen LogP contribution in [-0.2, 0) is 11.3 Å². The van der Waals surface area contributed by atoms with Gasteiger partial charge in [-0.25, -0.2) is 9.59 Å². The van der Waals surface area contributed by atoms with Gasteiger partial charge in [0.05, 0.1) is 11.4 Å². The molecule has 1 saturated heterocycles. The van der Waals surface area contributed by atoms with Crippen molar-refractivity contribution in [1.29, 1.82) is 0 Å². The number of carbonyl (C=O) groups is 2. The van der Waals surface area contributed by atoms with Crippen LogP contribution in [0, 0.1) is 0 Å².